The number of ether oxygens (including phenoxy) is 1. The van der Waals surface area contributed by atoms with E-state index in [1.165, 1.54) is 4.68 Å². The number of carboxylic acid groups (broad SMARTS) is 1. The van der Waals surface area contributed by atoms with Crippen LogP contribution in [-0.2, 0) is 11.8 Å². The summed E-state index contributed by atoms with van der Waals surface area (Å²) in [5.41, 5.74) is 2.63. The van der Waals surface area contributed by atoms with Crippen LogP contribution in [0.1, 0.15) is 21.7 Å². The smallest absolute Gasteiger partial charge is 0.341 e. The van der Waals surface area contributed by atoms with Crippen LogP contribution in [0.3, 0.4) is 0 Å². The summed E-state index contributed by atoms with van der Waals surface area (Å²) in [4.78, 5) is 22.7. The molecule has 1 heterocycles. The molecule has 0 radical (unpaired) electrons. The number of aromatic nitrogens is 2. The minimum absolute atomic E-state index is 0.259. The highest BCUT2D eigenvalue weighted by molar-refractivity contribution is 6.03. The molecule has 7 heteroatoms. The van der Waals surface area contributed by atoms with Crippen molar-refractivity contribution in [3.05, 3.63) is 41.2 Å². The SMILES string of the molecule is Cc1cc(C(=O)Nc2ccc(OCC(=O)O)cc2C)n(C)n1. The fourth-order valence-electron chi connectivity index (χ4n) is 2.02. The van der Waals surface area contributed by atoms with Gasteiger partial charge in [0.05, 0.1) is 5.69 Å². The number of hydrogen-bond acceptors (Lipinski definition) is 4. The van der Waals surface area contributed by atoms with E-state index in [0.29, 0.717) is 17.1 Å². The summed E-state index contributed by atoms with van der Waals surface area (Å²) >= 11 is 0. The molecule has 0 saturated heterocycles. The molecule has 0 aliphatic carbocycles. The quantitative estimate of drug-likeness (QED) is 0.877. The summed E-state index contributed by atoms with van der Waals surface area (Å²) in [5, 5.41) is 15.5. The summed E-state index contributed by atoms with van der Waals surface area (Å²) in [7, 11) is 1.71. The number of carboxylic acids is 1. The van der Waals surface area contributed by atoms with E-state index in [2.05, 4.69) is 10.4 Å². The molecule has 1 aromatic carbocycles. The molecular weight excluding hydrogens is 286 g/mol. The average molecular weight is 303 g/mol. The summed E-state index contributed by atoms with van der Waals surface area (Å²) in [5.74, 6) is -0.860. The van der Waals surface area contributed by atoms with Gasteiger partial charge in [0.25, 0.3) is 5.91 Å². The summed E-state index contributed by atoms with van der Waals surface area (Å²) in [6.45, 7) is 3.22. The fourth-order valence-corrected chi connectivity index (χ4v) is 2.02. The maximum absolute atomic E-state index is 12.2. The predicted octanol–water partition coefficient (Wildman–Crippen LogP) is 1.75. The Labute approximate surface area is 127 Å². The van der Waals surface area contributed by atoms with Crippen molar-refractivity contribution in [2.24, 2.45) is 7.05 Å². The maximum atomic E-state index is 12.2. The van der Waals surface area contributed by atoms with Crippen molar-refractivity contribution in [2.75, 3.05) is 11.9 Å². The van der Waals surface area contributed by atoms with E-state index in [9.17, 15) is 9.59 Å². The van der Waals surface area contributed by atoms with Gasteiger partial charge in [0.1, 0.15) is 11.4 Å². The molecule has 0 spiro atoms. The Kier molecular flexibility index (Phi) is 4.45. The van der Waals surface area contributed by atoms with Gasteiger partial charge in [-0.05, 0) is 43.7 Å². The first-order chi connectivity index (χ1) is 10.4. The lowest BCUT2D eigenvalue weighted by Gasteiger charge is -2.10. The largest absolute Gasteiger partial charge is 0.482 e. The molecule has 0 fully saturated rings. The van der Waals surface area contributed by atoms with E-state index in [4.69, 9.17) is 9.84 Å². The second kappa shape index (κ2) is 6.30. The molecule has 7 nitrogen and oxygen atoms in total. The standard InChI is InChI=1S/C15H17N3O4/c1-9-6-11(22-8-14(19)20)4-5-12(9)16-15(21)13-7-10(2)17-18(13)3/h4-7H,8H2,1-3H3,(H,16,21)(H,19,20). The number of anilines is 1. The Bertz CT molecular complexity index is 722. The second-order valence-electron chi connectivity index (χ2n) is 4.91. The zero-order chi connectivity index (χ0) is 16.3. The second-order valence-corrected chi connectivity index (χ2v) is 4.91. The number of carbonyl (C=O) groups is 2. The Balaban J connectivity index is 2.11. The van der Waals surface area contributed by atoms with Gasteiger partial charge in [-0.1, -0.05) is 0 Å². The third-order valence-electron chi connectivity index (χ3n) is 3.04. The summed E-state index contributed by atoms with van der Waals surface area (Å²) < 4.78 is 6.61. The van der Waals surface area contributed by atoms with Crippen molar-refractivity contribution in [3.63, 3.8) is 0 Å². The van der Waals surface area contributed by atoms with E-state index >= 15 is 0 Å². The molecular formula is C15H17N3O4. The number of nitrogens with one attached hydrogen (secondary N) is 1. The van der Waals surface area contributed by atoms with Gasteiger partial charge in [0.2, 0.25) is 0 Å². The van der Waals surface area contributed by atoms with Crippen molar-refractivity contribution < 1.29 is 19.4 Å². The maximum Gasteiger partial charge on any atom is 0.341 e. The van der Waals surface area contributed by atoms with Crippen LogP contribution in [0.25, 0.3) is 0 Å². The number of benzene rings is 1. The Morgan fingerprint density at radius 2 is 2.05 bits per heavy atom. The van der Waals surface area contributed by atoms with Crippen molar-refractivity contribution in [2.45, 2.75) is 13.8 Å². The van der Waals surface area contributed by atoms with E-state index in [1.54, 1.807) is 38.2 Å². The van der Waals surface area contributed by atoms with Gasteiger partial charge in [0.15, 0.2) is 6.61 Å². The zero-order valence-corrected chi connectivity index (χ0v) is 12.6. The van der Waals surface area contributed by atoms with Crippen molar-refractivity contribution >= 4 is 17.6 Å². The lowest BCUT2D eigenvalue weighted by molar-refractivity contribution is -0.139. The summed E-state index contributed by atoms with van der Waals surface area (Å²) in [6.07, 6.45) is 0. The minimum Gasteiger partial charge on any atom is -0.482 e. The third kappa shape index (κ3) is 3.63. The lowest BCUT2D eigenvalue weighted by Crippen LogP contribution is -2.16. The summed E-state index contributed by atoms with van der Waals surface area (Å²) in [6, 6.07) is 6.66. The highest BCUT2D eigenvalue weighted by Crippen LogP contribution is 2.22. The monoisotopic (exact) mass is 303 g/mol. The van der Waals surface area contributed by atoms with Gasteiger partial charge in [-0.25, -0.2) is 4.79 Å². The number of rotatable bonds is 5. The molecule has 2 aromatic rings. The third-order valence-corrected chi connectivity index (χ3v) is 3.04. The van der Waals surface area contributed by atoms with Crippen LogP contribution in [0.2, 0.25) is 0 Å². The first kappa shape index (κ1) is 15.6. The van der Waals surface area contributed by atoms with Gasteiger partial charge < -0.3 is 15.2 Å². The molecule has 2 rings (SSSR count). The first-order valence-electron chi connectivity index (χ1n) is 6.64. The number of nitrogens with zero attached hydrogens (tertiary/aromatic N) is 2. The Morgan fingerprint density at radius 1 is 1.32 bits per heavy atom. The highest BCUT2D eigenvalue weighted by Gasteiger charge is 2.13. The minimum atomic E-state index is -1.04. The van der Waals surface area contributed by atoms with Gasteiger partial charge >= 0.3 is 5.97 Å². The molecule has 0 aliphatic rings. The fraction of sp³-hybridized carbons (Fsp3) is 0.267. The molecule has 0 saturated carbocycles. The average Bonchev–Trinajstić information content (AvgIpc) is 2.78. The van der Waals surface area contributed by atoms with Crippen molar-refractivity contribution in [1.29, 1.82) is 0 Å². The van der Waals surface area contributed by atoms with Crippen molar-refractivity contribution in [1.82, 2.24) is 9.78 Å². The number of hydrogen-bond donors (Lipinski definition) is 2. The van der Waals surface area contributed by atoms with Gasteiger partial charge in [-0.2, -0.15) is 5.10 Å². The van der Waals surface area contributed by atoms with Crippen molar-refractivity contribution in [3.8, 4) is 5.75 Å². The zero-order valence-electron chi connectivity index (χ0n) is 12.6. The molecule has 0 unspecified atom stereocenters. The van der Waals surface area contributed by atoms with Crippen LogP contribution in [0.15, 0.2) is 24.3 Å². The van der Waals surface area contributed by atoms with Gasteiger partial charge in [-0.3, -0.25) is 9.48 Å². The predicted molar refractivity (Wildman–Crippen MR) is 80.2 cm³/mol. The van der Waals surface area contributed by atoms with Crippen LogP contribution >= 0.6 is 0 Å². The number of carbonyl (C=O) groups excluding carboxylic acids is 1. The molecule has 0 bridgehead atoms. The lowest BCUT2D eigenvalue weighted by atomic mass is 10.2. The van der Waals surface area contributed by atoms with E-state index in [0.717, 1.165) is 11.3 Å². The highest BCUT2D eigenvalue weighted by atomic mass is 16.5. The molecule has 0 atom stereocenters. The number of aliphatic carboxylic acids is 1. The molecule has 116 valence electrons. The van der Waals surface area contributed by atoms with E-state index in [-0.39, 0.29) is 5.91 Å². The van der Waals surface area contributed by atoms with Crippen LogP contribution in [0, 0.1) is 13.8 Å². The topological polar surface area (TPSA) is 93.5 Å². The van der Waals surface area contributed by atoms with E-state index in [1.807, 2.05) is 6.92 Å². The molecule has 22 heavy (non-hydrogen) atoms. The first-order valence-corrected chi connectivity index (χ1v) is 6.64. The normalized spacial score (nSPS) is 10.3. The van der Waals surface area contributed by atoms with Crippen LogP contribution in [0.4, 0.5) is 5.69 Å². The Hall–Kier alpha value is -2.83. The molecule has 1 amide bonds. The van der Waals surface area contributed by atoms with Gasteiger partial charge in [-0.15, -0.1) is 0 Å². The van der Waals surface area contributed by atoms with Crippen LogP contribution < -0.4 is 10.1 Å². The Morgan fingerprint density at radius 3 is 2.59 bits per heavy atom. The number of amides is 1. The van der Waals surface area contributed by atoms with Crippen LogP contribution in [-0.4, -0.2) is 33.4 Å². The van der Waals surface area contributed by atoms with Gasteiger partial charge in [0, 0.05) is 12.7 Å². The molecule has 1 aromatic heterocycles. The number of aryl methyl sites for hydroxylation is 3. The molecule has 2 N–H and O–H groups in total. The van der Waals surface area contributed by atoms with E-state index < -0.39 is 12.6 Å². The molecule has 0 aliphatic heterocycles. The van der Waals surface area contributed by atoms with Crippen LogP contribution in [0.5, 0.6) is 5.75 Å².